The van der Waals surface area contributed by atoms with Crippen LogP contribution < -0.4 is 0 Å². The van der Waals surface area contributed by atoms with Gasteiger partial charge in [-0.25, -0.2) is 0 Å². The fourth-order valence-corrected chi connectivity index (χ4v) is 3.49. The van der Waals surface area contributed by atoms with Gasteiger partial charge in [0.25, 0.3) is 0 Å². The highest BCUT2D eigenvalue weighted by Gasteiger charge is 2.28. The second-order valence-electron chi connectivity index (χ2n) is 5.87. The molecule has 1 fully saturated rings. The highest BCUT2D eigenvalue weighted by Crippen LogP contribution is 2.39. The molecule has 0 heterocycles. The predicted octanol–water partition coefficient (Wildman–Crippen LogP) is 5.28. The van der Waals surface area contributed by atoms with Crippen LogP contribution in [0.4, 0.5) is 0 Å². The standard InChI is InChI=1S/C15H30/c1-5-8-15(13(4)6-2)14-10-7-9-12(3)11-14/h12-15H,5-11H2,1-4H3. The Morgan fingerprint density at radius 1 is 1.20 bits per heavy atom. The van der Waals surface area contributed by atoms with E-state index in [4.69, 9.17) is 0 Å². The summed E-state index contributed by atoms with van der Waals surface area (Å²) in [6.45, 7) is 9.63. The van der Waals surface area contributed by atoms with Gasteiger partial charge in [0.05, 0.1) is 0 Å². The quantitative estimate of drug-likeness (QED) is 0.579. The average Bonchev–Trinajstić information content (AvgIpc) is 2.25. The smallest absolute Gasteiger partial charge is 0.0360 e. The molecule has 4 atom stereocenters. The van der Waals surface area contributed by atoms with Crippen molar-refractivity contribution in [2.24, 2.45) is 23.7 Å². The minimum absolute atomic E-state index is 0.945. The van der Waals surface area contributed by atoms with Crippen molar-refractivity contribution in [3.05, 3.63) is 0 Å². The van der Waals surface area contributed by atoms with E-state index < -0.39 is 0 Å². The molecule has 90 valence electrons. The van der Waals surface area contributed by atoms with Gasteiger partial charge in [-0.1, -0.05) is 66.2 Å². The fourth-order valence-electron chi connectivity index (χ4n) is 3.49. The van der Waals surface area contributed by atoms with Gasteiger partial charge in [-0.05, 0) is 30.1 Å². The lowest BCUT2D eigenvalue weighted by molar-refractivity contribution is 0.145. The van der Waals surface area contributed by atoms with E-state index in [0.717, 1.165) is 23.7 Å². The molecular formula is C15H30. The molecule has 0 nitrogen and oxygen atoms in total. The fraction of sp³-hybridized carbons (Fsp3) is 1.00. The zero-order valence-electron chi connectivity index (χ0n) is 11.3. The van der Waals surface area contributed by atoms with Crippen LogP contribution in [-0.4, -0.2) is 0 Å². The Balaban J connectivity index is 2.53. The van der Waals surface area contributed by atoms with E-state index >= 15 is 0 Å². The van der Waals surface area contributed by atoms with Gasteiger partial charge in [0.2, 0.25) is 0 Å². The molecule has 0 aromatic rings. The van der Waals surface area contributed by atoms with E-state index in [9.17, 15) is 0 Å². The second kappa shape index (κ2) is 6.55. The maximum atomic E-state index is 2.47. The minimum Gasteiger partial charge on any atom is -0.0654 e. The van der Waals surface area contributed by atoms with Crippen molar-refractivity contribution in [2.75, 3.05) is 0 Å². The molecule has 0 aromatic carbocycles. The Hall–Kier alpha value is 0. The van der Waals surface area contributed by atoms with E-state index in [1.807, 2.05) is 0 Å². The lowest BCUT2D eigenvalue weighted by Gasteiger charge is -2.36. The molecule has 0 radical (unpaired) electrons. The Bertz CT molecular complexity index is 161. The highest BCUT2D eigenvalue weighted by atomic mass is 14.3. The lowest BCUT2D eigenvalue weighted by Crippen LogP contribution is -2.26. The summed E-state index contributed by atoms with van der Waals surface area (Å²) in [6, 6.07) is 0. The maximum absolute atomic E-state index is 2.47. The topological polar surface area (TPSA) is 0 Å². The molecule has 0 bridgehead atoms. The third-order valence-corrected chi connectivity index (χ3v) is 4.58. The maximum Gasteiger partial charge on any atom is -0.0360 e. The molecule has 1 rings (SSSR count). The molecule has 0 aliphatic heterocycles. The molecule has 0 saturated heterocycles. The zero-order valence-corrected chi connectivity index (χ0v) is 11.3. The third kappa shape index (κ3) is 3.81. The third-order valence-electron chi connectivity index (χ3n) is 4.58. The Labute approximate surface area is 96.8 Å². The van der Waals surface area contributed by atoms with Crippen molar-refractivity contribution < 1.29 is 0 Å². The molecule has 0 aromatic heterocycles. The van der Waals surface area contributed by atoms with Crippen LogP contribution in [0.2, 0.25) is 0 Å². The largest absolute Gasteiger partial charge is 0.0654 e. The monoisotopic (exact) mass is 210 g/mol. The first-order chi connectivity index (χ1) is 7.19. The van der Waals surface area contributed by atoms with Gasteiger partial charge < -0.3 is 0 Å². The van der Waals surface area contributed by atoms with Crippen LogP contribution in [0, 0.1) is 23.7 Å². The molecule has 1 saturated carbocycles. The number of hydrogen-bond acceptors (Lipinski definition) is 0. The van der Waals surface area contributed by atoms with Crippen molar-refractivity contribution in [3.63, 3.8) is 0 Å². The molecule has 0 N–H and O–H groups in total. The number of rotatable bonds is 5. The van der Waals surface area contributed by atoms with E-state index in [-0.39, 0.29) is 0 Å². The van der Waals surface area contributed by atoms with Gasteiger partial charge in [-0.15, -0.1) is 0 Å². The van der Waals surface area contributed by atoms with Crippen LogP contribution in [0.5, 0.6) is 0 Å². The summed E-state index contributed by atoms with van der Waals surface area (Å²) in [7, 11) is 0. The molecule has 0 amide bonds. The van der Waals surface area contributed by atoms with Crippen LogP contribution in [0.3, 0.4) is 0 Å². The van der Waals surface area contributed by atoms with Crippen LogP contribution in [0.15, 0.2) is 0 Å². The summed E-state index contributed by atoms with van der Waals surface area (Å²) in [6.07, 6.45) is 10.2. The van der Waals surface area contributed by atoms with Crippen molar-refractivity contribution in [2.45, 2.75) is 72.6 Å². The first kappa shape index (κ1) is 13.1. The van der Waals surface area contributed by atoms with Crippen molar-refractivity contribution >= 4 is 0 Å². The van der Waals surface area contributed by atoms with E-state index in [0.29, 0.717) is 0 Å². The lowest BCUT2D eigenvalue weighted by atomic mass is 9.69. The predicted molar refractivity (Wildman–Crippen MR) is 69.0 cm³/mol. The zero-order chi connectivity index (χ0) is 11.3. The van der Waals surface area contributed by atoms with Gasteiger partial charge in [0.1, 0.15) is 0 Å². The van der Waals surface area contributed by atoms with E-state index in [2.05, 4.69) is 27.7 Å². The molecule has 0 heteroatoms. The number of hydrogen-bond donors (Lipinski definition) is 0. The summed E-state index contributed by atoms with van der Waals surface area (Å²) in [4.78, 5) is 0. The first-order valence-electron chi connectivity index (χ1n) is 7.19. The summed E-state index contributed by atoms with van der Waals surface area (Å²) < 4.78 is 0. The Morgan fingerprint density at radius 3 is 2.47 bits per heavy atom. The molecule has 1 aliphatic rings. The highest BCUT2D eigenvalue weighted by molar-refractivity contribution is 4.79. The van der Waals surface area contributed by atoms with Crippen LogP contribution in [0.1, 0.15) is 72.6 Å². The molecule has 15 heavy (non-hydrogen) atoms. The van der Waals surface area contributed by atoms with Crippen molar-refractivity contribution in [1.82, 2.24) is 0 Å². The molecule has 4 unspecified atom stereocenters. The molecular weight excluding hydrogens is 180 g/mol. The average molecular weight is 210 g/mol. The van der Waals surface area contributed by atoms with Crippen LogP contribution >= 0.6 is 0 Å². The summed E-state index contributed by atoms with van der Waals surface area (Å²) in [5, 5.41) is 0. The van der Waals surface area contributed by atoms with Crippen molar-refractivity contribution in [1.29, 1.82) is 0 Å². The SMILES string of the molecule is CCCC(C(C)CC)C1CCCC(C)C1. The Morgan fingerprint density at radius 2 is 1.93 bits per heavy atom. The van der Waals surface area contributed by atoms with Gasteiger partial charge in [-0.3, -0.25) is 0 Å². The van der Waals surface area contributed by atoms with Crippen molar-refractivity contribution in [3.8, 4) is 0 Å². The summed E-state index contributed by atoms with van der Waals surface area (Å²) in [5.74, 6) is 4.00. The first-order valence-corrected chi connectivity index (χ1v) is 7.19. The van der Waals surface area contributed by atoms with Gasteiger partial charge in [0, 0.05) is 0 Å². The second-order valence-corrected chi connectivity index (χ2v) is 5.87. The molecule has 0 spiro atoms. The van der Waals surface area contributed by atoms with E-state index in [1.54, 1.807) is 0 Å². The van der Waals surface area contributed by atoms with Gasteiger partial charge >= 0.3 is 0 Å². The van der Waals surface area contributed by atoms with Crippen LogP contribution in [-0.2, 0) is 0 Å². The van der Waals surface area contributed by atoms with E-state index in [1.165, 1.54) is 44.9 Å². The Kier molecular flexibility index (Phi) is 5.71. The van der Waals surface area contributed by atoms with Gasteiger partial charge in [-0.2, -0.15) is 0 Å². The normalized spacial score (nSPS) is 31.2. The van der Waals surface area contributed by atoms with Crippen LogP contribution in [0.25, 0.3) is 0 Å². The minimum atomic E-state index is 0.945. The summed E-state index contributed by atoms with van der Waals surface area (Å²) >= 11 is 0. The van der Waals surface area contributed by atoms with Gasteiger partial charge in [0.15, 0.2) is 0 Å². The molecule has 1 aliphatic carbocycles. The summed E-state index contributed by atoms with van der Waals surface area (Å²) in [5.41, 5.74) is 0.